The Balaban J connectivity index is 2.14. The van der Waals surface area contributed by atoms with Gasteiger partial charge in [-0.2, -0.15) is 5.10 Å². The zero-order valence-electron chi connectivity index (χ0n) is 10.2. The molecule has 5 heteroatoms. The van der Waals surface area contributed by atoms with Crippen LogP contribution in [0.15, 0.2) is 36.7 Å². The Bertz CT molecular complexity index is 551. The van der Waals surface area contributed by atoms with Gasteiger partial charge in [-0.1, -0.05) is 17.7 Å². The molecule has 0 radical (unpaired) electrons. The number of carbonyl (C=O) groups excluding carboxylic acids is 1. The monoisotopic (exact) mass is 263 g/mol. The van der Waals surface area contributed by atoms with Gasteiger partial charge in [0.05, 0.1) is 0 Å². The van der Waals surface area contributed by atoms with Crippen molar-refractivity contribution < 1.29 is 4.79 Å². The van der Waals surface area contributed by atoms with E-state index in [-0.39, 0.29) is 11.9 Å². The number of hydrogen-bond donors (Lipinski definition) is 1. The van der Waals surface area contributed by atoms with Gasteiger partial charge in [0.15, 0.2) is 0 Å². The van der Waals surface area contributed by atoms with Gasteiger partial charge in [-0.05, 0) is 37.6 Å². The molecular formula is C13H14ClN3O. The molecule has 0 aliphatic carbocycles. The van der Waals surface area contributed by atoms with Crippen LogP contribution in [0.5, 0.6) is 0 Å². The summed E-state index contributed by atoms with van der Waals surface area (Å²) in [6, 6.07) is 6.83. The highest BCUT2D eigenvalue weighted by Crippen LogP contribution is 2.21. The van der Waals surface area contributed by atoms with Crippen LogP contribution in [0.3, 0.4) is 0 Å². The first-order valence-corrected chi connectivity index (χ1v) is 6.02. The lowest BCUT2D eigenvalue weighted by Gasteiger charge is -2.14. The summed E-state index contributed by atoms with van der Waals surface area (Å²) >= 11 is 5.91. The summed E-state index contributed by atoms with van der Waals surface area (Å²) in [5.74, 6) is -0.121. The van der Waals surface area contributed by atoms with Gasteiger partial charge in [0, 0.05) is 23.1 Å². The molecule has 4 nitrogen and oxygen atoms in total. The Hall–Kier alpha value is -1.81. The van der Waals surface area contributed by atoms with E-state index in [1.165, 1.54) is 0 Å². The van der Waals surface area contributed by atoms with Crippen LogP contribution in [0.4, 0.5) is 5.69 Å². The number of amides is 1. The number of carbonyl (C=O) groups is 1. The van der Waals surface area contributed by atoms with Crippen LogP contribution in [0.1, 0.15) is 18.5 Å². The van der Waals surface area contributed by atoms with Crippen molar-refractivity contribution in [3.8, 4) is 0 Å². The normalized spacial score (nSPS) is 12.2. The van der Waals surface area contributed by atoms with Crippen molar-refractivity contribution in [3.63, 3.8) is 0 Å². The predicted octanol–water partition coefficient (Wildman–Crippen LogP) is 3.04. The Morgan fingerprint density at radius 1 is 1.50 bits per heavy atom. The fourth-order valence-corrected chi connectivity index (χ4v) is 1.77. The molecule has 1 aromatic carbocycles. The summed E-state index contributed by atoms with van der Waals surface area (Å²) in [6.45, 7) is 3.72. The Labute approximate surface area is 111 Å². The van der Waals surface area contributed by atoms with E-state index >= 15 is 0 Å². The summed E-state index contributed by atoms with van der Waals surface area (Å²) < 4.78 is 1.61. The van der Waals surface area contributed by atoms with Gasteiger partial charge in [0.25, 0.3) is 0 Å². The zero-order valence-corrected chi connectivity index (χ0v) is 11.0. The minimum absolute atomic E-state index is 0.121. The lowest BCUT2D eigenvalue weighted by molar-refractivity contribution is -0.119. The molecule has 0 bridgehead atoms. The maximum atomic E-state index is 12.1. The molecule has 1 amide bonds. The number of nitrogens with zero attached hydrogens (tertiary/aromatic N) is 2. The second-order valence-electron chi connectivity index (χ2n) is 4.11. The molecule has 2 aromatic rings. The summed E-state index contributed by atoms with van der Waals surface area (Å²) in [5.41, 5.74) is 1.70. The number of nitrogens with one attached hydrogen (secondary N) is 1. The predicted molar refractivity (Wildman–Crippen MR) is 71.8 cm³/mol. The van der Waals surface area contributed by atoms with E-state index in [2.05, 4.69) is 10.4 Å². The van der Waals surface area contributed by atoms with E-state index in [0.29, 0.717) is 5.02 Å². The average Bonchev–Trinajstić information content (AvgIpc) is 2.86. The van der Waals surface area contributed by atoms with Crippen molar-refractivity contribution in [2.45, 2.75) is 19.9 Å². The summed E-state index contributed by atoms with van der Waals surface area (Å²) in [7, 11) is 0. The van der Waals surface area contributed by atoms with Gasteiger partial charge in [-0.3, -0.25) is 9.48 Å². The topological polar surface area (TPSA) is 46.9 Å². The molecule has 0 aliphatic heterocycles. The molecule has 1 aromatic heterocycles. The third-order valence-corrected chi connectivity index (χ3v) is 2.99. The lowest BCUT2D eigenvalue weighted by Crippen LogP contribution is -2.24. The second kappa shape index (κ2) is 5.23. The van der Waals surface area contributed by atoms with E-state index in [4.69, 9.17) is 11.6 Å². The molecule has 2 rings (SSSR count). The summed E-state index contributed by atoms with van der Waals surface area (Å²) in [4.78, 5) is 12.1. The average molecular weight is 264 g/mol. The second-order valence-corrected chi connectivity index (χ2v) is 4.55. The van der Waals surface area contributed by atoms with Crippen LogP contribution in [0.25, 0.3) is 0 Å². The lowest BCUT2D eigenvalue weighted by atomic mass is 10.2. The Kier molecular flexibility index (Phi) is 3.67. The molecule has 18 heavy (non-hydrogen) atoms. The maximum Gasteiger partial charge on any atom is 0.248 e. The van der Waals surface area contributed by atoms with Crippen LogP contribution in [-0.4, -0.2) is 15.7 Å². The van der Waals surface area contributed by atoms with Crippen molar-refractivity contribution in [1.29, 1.82) is 0 Å². The van der Waals surface area contributed by atoms with Crippen LogP contribution < -0.4 is 5.32 Å². The Morgan fingerprint density at radius 3 is 2.94 bits per heavy atom. The van der Waals surface area contributed by atoms with Gasteiger partial charge in [-0.15, -0.1) is 0 Å². The first-order valence-electron chi connectivity index (χ1n) is 5.64. The fraction of sp³-hybridized carbons (Fsp3) is 0.231. The highest BCUT2D eigenvalue weighted by atomic mass is 35.5. The number of aryl methyl sites for hydroxylation is 1. The largest absolute Gasteiger partial charge is 0.324 e. The molecule has 1 unspecified atom stereocenters. The van der Waals surface area contributed by atoms with Crippen LogP contribution in [0.2, 0.25) is 5.02 Å². The van der Waals surface area contributed by atoms with Crippen LogP contribution in [-0.2, 0) is 4.79 Å². The van der Waals surface area contributed by atoms with Gasteiger partial charge in [-0.25, -0.2) is 0 Å². The molecule has 0 aliphatic rings. The maximum absolute atomic E-state index is 12.1. The van der Waals surface area contributed by atoms with Crippen LogP contribution >= 0.6 is 11.6 Å². The van der Waals surface area contributed by atoms with Gasteiger partial charge in [0.1, 0.15) is 6.04 Å². The molecular weight excluding hydrogens is 250 g/mol. The molecule has 0 saturated heterocycles. The van der Waals surface area contributed by atoms with Gasteiger partial charge >= 0.3 is 0 Å². The quantitative estimate of drug-likeness (QED) is 0.925. The van der Waals surface area contributed by atoms with Gasteiger partial charge < -0.3 is 5.32 Å². The van der Waals surface area contributed by atoms with Gasteiger partial charge in [0.2, 0.25) is 5.91 Å². The standard InChI is InChI=1S/C13H14ClN3O/c1-9-4-5-11(14)8-12(9)16-13(18)10(2)17-7-3-6-15-17/h3-8,10H,1-2H3,(H,16,18). The van der Waals surface area contributed by atoms with Crippen molar-refractivity contribution in [3.05, 3.63) is 47.2 Å². The van der Waals surface area contributed by atoms with Crippen molar-refractivity contribution in [2.24, 2.45) is 0 Å². The zero-order chi connectivity index (χ0) is 13.1. The summed E-state index contributed by atoms with van der Waals surface area (Å²) in [6.07, 6.45) is 3.41. The third-order valence-electron chi connectivity index (χ3n) is 2.76. The van der Waals surface area contributed by atoms with E-state index in [1.807, 2.05) is 13.0 Å². The highest BCUT2D eigenvalue weighted by molar-refractivity contribution is 6.31. The minimum Gasteiger partial charge on any atom is -0.324 e. The molecule has 1 heterocycles. The first-order chi connectivity index (χ1) is 8.58. The first kappa shape index (κ1) is 12.6. The molecule has 0 fully saturated rings. The SMILES string of the molecule is Cc1ccc(Cl)cc1NC(=O)C(C)n1cccn1. The van der Waals surface area contributed by atoms with E-state index in [9.17, 15) is 4.79 Å². The fourth-order valence-electron chi connectivity index (χ4n) is 1.60. The smallest absolute Gasteiger partial charge is 0.248 e. The minimum atomic E-state index is -0.363. The van der Waals surface area contributed by atoms with E-state index in [0.717, 1.165) is 11.3 Å². The number of rotatable bonds is 3. The number of benzene rings is 1. The van der Waals surface area contributed by atoms with Crippen LogP contribution in [0, 0.1) is 6.92 Å². The molecule has 94 valence electrons. The van der Waals surface area contributed by atoms with Crippen molar-refractivity contribution in [2.75, 3.05) is 5.32 Å². The van der Waals surface area contributed by atoms with E-state index < -0.39 is 0 Å². The summed E-state index contributed by atoms with van der Waals surface area (Å²) in [5, 5.41) is 7.50. The molecule has 0 saturated carbocycles. The molecule has 0 spiro atoms. The molecule has 1 atom stereocenters. The number of aromatic nitrogens is 2. The number of halogens is 1. The van der Waals surface area contributed by atoms with E-state index in [1.54, 1.807) is 42.2 Å². The third kappa shape index (κ3) is 2.71. The molecule has 1 N–H and O–H groups in total. The number of anilines is 1. The highest BCUT2D eigenvalue weighted by Gasteiger charge is 2.15. The number of hydrogen-bond acceptors (Lipinski definition) is 2. The Morgan fingerprint density at radius 2 is 2.28 bits per heavy atom. The van der Waals surface area contributed by atoms with Crippen molar-refractivity contribution in [1.82, 2.24) is 9.78 Å². The van der Waals surface area contributed by atoms with Crippen molar-refractivity contribution >= 4 is 23.2 Å².